The molecule has 0 fully saturated rings. The Labute approximate surface area is 113 Å². The Balaban J connectivity index is 2.66. The minimum Gasteiger partial charge on any atom is -0.497 e. The monoisotopic (exact) mass is 267 g/mol. The van der Waals surface area contributed by atoms with Crippen LogP contribution in [0.25, 0.3) is 0 Å². The standard InChI is InChI=1S/C14H21NO4/c1-4-10(16)7-8-15-14(17)12-6-5-11(18-2)9-13(12)19-3/h5-6,9-10,16H,4,7-8H2,1-3H3,(H,15,17). The maximum absolute atomic E-state index is 12.0. The van der Waals surface area contributed by atoms with Crippen LogP contribution in [0, 0.1) is 0 Å². The van der Waals surface area contributed by atoms with Gasteiger partial charge in [-0.25, -0.2) is 0 Å². The van der Waals surface area contributed by atoms with Crippen LogP contribution in [0.1, 0.15) is 30.1 Å². The first-order valence-electron chi connectivity index (χ1n) is 6.30. The maximum Gasteiger partial charge on any atom is 0.255 e. The Morgan fingerprint density at radius 2 is 2.11 bits per heavy atom. The van der Waals surface area contributed by atoms with E-state index in [9.17, 15) is 9.90 Å². The van der Waals surface area contributed by atoms with Gasteiger partial charge >= 0.3 is 0 Å². The fourth-order valence-corrected chi connectivity index (χ4v) is 1.64. The quantitative estimate of drug-likeness (QED) is 0.787. The third kappa shape index (κ3) is 4.44. The van der Waals surface area contributed by atoms with E-state index in [0.29, 0.717) is 36.4 Å². The van der Waals surface area contributed by atoms with Crippen LogP contribution in [-0.2, 0) is 0 Å². The fraction of sp³-hybridized carbons (Fsp3) is 0.500. The van der Waals surface area contributed by atoms with Crippen molar-refractivity contribution in [2.24, 2.45) is 0 Å². The van der Waals surface area contributed by atoms with Crippen molar-refractivity contribution in [1.29, 1.82) is 0 Å². The molecule has 0 aliphatic carbocycles. The van der Waals surface area contributed by atoms with Crippen molar-refractivity contribution in [3.8, 4) is 11.5 Å². The molecule has 1 rings (SSSR count). The lowest BCUT2D eigenvalue weighted by atomic mass is 10.1. The van der Waals surface area contributed by atoms with Gasteiger partial charge in [-0.3, -0.25) is 4.79 Å². The minimum atomic E-state index is -0.377. The van der Waals surface area contributed by atoms with Crippen LogP contribution in [-0.4, -0.2) is 37.9 Å². The second-order valence-electron chi connectivity index (χ2n) is 4.17. The third-order valence-electron chi connectivity index (χ3n) is 2.89. The number of aliphatic hydroxyl groups is 1. The number of carbonyl (C=O) groups is 1. The molecule has 0 aliphatic rings. The first-order valence-corrected chi connectivity index (χ1v) is 6.30. The van der Waals surface area contributed by atoms with Gasteiger partial charge in [0.05, 0.1) is 25.9 Å². The molecule has 0 heterocycles. The molecular weight excluding hydrogens is 246 g/mol. The normalized spacial score (nSPS) is 11.8. The summed E-state index contributed by atoms with van der Waals surface area (Å²) >= 11 is 0. The molecule has 5 heteroatoms. The van der Waals surface area contributed by atoms with E-state index < -0.39 is 0 Å². The van der Waals surface area contributed by atoms with Gasteiger partial charge in [0.1, 0.15) is 11.5 Å². The zero-order valence-corrected chi connectivity index (χ0v) is 11.6. The number of ether oxygens (including phenoxy) is 2. The molecule has 1 atom stereocenters. The molecule has 0 bridgehead atoms. The van der Waals surface area contributed by atoms with Gasteiger partial charge in [-0.1, -0.05) is 6.92 Å². The van der Waals surface area contributed by atoms with E-state index in [4.69, 9.17) is 9.47 Å². The Morgan fingerprint density at radius 1 is 1.37 bits per heavy atom. The van der Waals surface area contributed by atoms with Gasteiger partial charge in [0, 0.05) is 12.6 Å². The first-order chi connectivity index (χ1) is 9.12. The van der Waals surface area contributed by atoms with Crippen LogP contribution >= 0.6 is 0 Å². The molecule has 0 spiro atoms. The molecule has 0 aromatic heterocycles. The molecule has 0 saturated heterocycles. The summed E-state index contributed by atoms with van der Waals surface area (Å²) in [6.45, 7) is 2.34. The minimum absolute atomic E-state index is 0.220. The van der Waals surface area contributed by atoms with E-state index in [1.165, 1.54) is 7.11 Å². The summed E-state index contributed by atoms with van der Waals surface area (Å²) in [7, 11) is 3.06. The van der Waals surface area contributed by atoms with E-state index in [1.807, 2.05) is 6.92 Å². The Hall–Kier alpha value is -1.75. The van der Waals surface area contributed by atoms with Crippen molar-refractivity contribution < 1.29 is 19.4 Å². The van der Waals surface area contributed by atoms with E-state index >= 15 is 0 Å². The third-order valence-corrected chi connectivity index (χ3v) is 2.89. The summed E-state index contributed by atoms with van der Waals surface area (Å²) in [5.41, 5.74) is 0.453. The lowest BCUT2D eigenvalue weighted by molar-refractivity contribution is 0.0939. The van der Waals surface area contributed by atoms with Crippen LogP contribution in [0.4, 0.5) is 0 Å². The number of hydrogen-bond donors (Lipinski definition) is 2. The van der Waals surface area contributed by atoms with E-state index in [2.05, 4.69) is 5.32 Å². The Kier molecular flexibility index (Phi) is 6.15. The van der Waals surface area contributed by atoms with Gasteiger partial charge < -0.3 is 19.9 Å². The van der Waals surface area contributed by atoms with Crippen molar-refractivity contribution in [3.05, 3.63) is 23.8 Å². The molecule has 1 unspecified atom stereocenters. The SMILES string of the molecule is CCC(O)CCNC(=O)c1ccc(OC)cc1OC. The molecule has 0 aliphatic heterocycles. The number of rotatable bonds is 7. The molecule has 5 nitrogen and oxygen atoms in total. The number of nitrogens with one attached hydrogen (secondary N) is 1. The molecule has 1 amide bonds. The fourth-order valence-electron chi connectivity index (χ4n) is 1.64. The highest BCUT2D eigenvalue weighted by Crippen LogP contribution is 2.24. The second-order valence-corrected chi connectivity index (χ2v) is 4.17. The topological polar surface area (TPSA) is 67.8 Å². The van der Waals surface area contributed by atoms with E-state index in [1.54, 1.807) is 25.3 Å². The summed E-state index contributed by atoms with van der Waals surface area (Å²) in [5.74, 6) is 0.880. The van der Waals surface area contributed by atoms with Crippen molar-refractivity contribution >= 4 is 5.91 Å². The zero-order chi connectivity index (χ0) is 14.3. The van der Waals surface area contributed by atoms with E-state index in [-0.39, 0.29) is 12.0 Å². The summed E-state index contributed by atoms with van der Waals surface area (Å²) in [5, 5.41) is 12.2. The highest BCUT2D eigenvalue weighted by atomic mass is 16.5. The van der Waals surface area contributed by atoms with Crippen LogP contribution < -0.4 is 14.8 Å². The molecular formula is C14H21NO4. The average Bonchev–Trinajstić information content (AvgIpc) is 2.45. The Morgan fingerprint density at radius 3 is 2.68 bits per heavy atom. The molecule has 106 valence electrons. The highest BCUT2D eigenvalue weighted by Gasteiger charge is 2.13. The maximum atomic E-state index is 12.0. The largest absolute Gasteiger partial charge is 0.497 e. The van der Waals surface area contributed by atoms with Crippen LogP contribution in [0.5, 0.6) is 11.5 Å². The van der Waals surface area contributed by atoms with Crippen molar-refractivity contribution in [2.45, 2.75) is 25.9 Å². The summed E-state index contributed by atoms with van der Waals surface area (Å²) in [6.07, 6.45) is 0.848. The number of methoxy groups -OCH3 is 2. The summed E-state index contributed by atoms with van der Waals surface area (Å²) in [4.78, 5) is 12.0. The smallest absolute Gasteiger partial charge is 0.255 e. The molecule has 0 saturated carbocycles. The predicted octanol–water partition coefficient (Wildman–Crippen LogP) is 1.59. The lowest BCUT2D eigenvalue weighted by Gasteiger charge is -2.12. The van der Waals surface area contributed by atoms with Crippen molar-refractivity contribution in [2.75, 3.05) is 20.8 Å². The lowest BCUT2D eigenvalue weighted by Crippen LogP contribution is -2.27. The van der Waals surface area contributed by atoms with Gasteiger partial charge in [0.15, 0.2) is 0 Å². The summed E-state index contributed by atoms with van der Waals surface area (Å²) in [6, 6.07) is 5.03. The molecule has 2 N–H and O–H groups in total. The van der Waals surface area contributed by atoms with Gasteiger partial charge in [-0.2, -0.15) is 0 Å². The predicted molar refractivity (Wildman–Crippen MR) is 72.8 cm³/mol. The van der Waals surface area contributed by atoms with Crippen LogP contribution in [0.15, 0.2) is 18.2 Å². The molecule has 19 heavy (non-hydrogen) atoms. The zero-order valence-electron chi connectivity index (χ0n) is 11.6. The van der Waals surface area contributed by atoms with Gasteiger partial charge in [-0.15, -0.1) is 0 Å². The average molecular weight is 267 g/mol. The van der Waals surface area contributed by atoms with Gasteiger partial charge in [0.2, 0.25) is 0 Å². The highest BCUT2D eigenvalue weighted by molar-refractivity contribution is 5.97. The number of hydrogen-bond acceptors (Lipinski definition) is 4. The van der Waals surface area contributed by atoms with Gasteiger partial charge in [0.25, 0.3) is 5.91 Å². The van der Waals surface area contributed by atoms with Gasteiger partial charge in [-0.05, 0) is 25.0 Å². The van der Waals surface area contributed by atoms with Crippen LogP contribution in [0.2, 0.25) is 0 Å². The Bertz CT molecular complexity index is 420. The van der Waals surface area contributed by atoms with E-state index in [0.717, 1.165) is 0 Å². The van der Waals surface area contributed by atoms with Crippen molar-refractivity contribution in [1.82, 2.24) is 5.32 Å². The second kappa shape index (κ2) is 7.63. The van der Waals surface area contributed by atoms with Crippen molar-refractivity contribution in [3.63, 3.8) is 0 Å². The first kappa shape index (κ1) is 15.3. The summed E-state index contributed by atoms with van der Waals surface area (Å²) < 4.78 is 10.2. The molecule has 1 aromatic carbocycles. The molecule has 1 aromatic rings. The number of amides is 1. The molecule has 0 radical (unpaired) electrons. The number of aliphatic hydroxyl groups excluding tert-OH is 1. The van der Waals surface area contributed by atoms with Crippen LogP contribution in [0.3, 0.4) is 0 Å². The number of carbonyl (C=O) groups excluding carboxylic acids is 1. The number of benzene rings is 1.